The standard InChI is InChI=1S/C24H26FN5O4S/c1-24(2,3)22-26-19(29-34-22)13-35-23-28-27-21(30(23)16-10-8-7-9-15(16)25)14-11-17(31-4)20(33-6)18(12-14)32-5/h7-12H,13H2,1-6H3. The summed E-state index contributed by atoms with van der Waals surface area (Å²) in [7, 11) is 4.58. The fourth-order valence-corrected chi connectivity index (χ4v) is 4.15. The van der Waals surface area contributed by atoms with Crippen LogP contribution in [0.15, 0.2) is 46.1 Å². The van der Waals surface area contributed by atoms with Gasteiger partial charge in [0.2, 0.25) is 11.6 Å². The third-order valence-corrected chi connectivity index (χ3v) is 6.01. The molecule has 184 valence electrons. The maximum absolute atomic E-state index is 14.9. The highest BCUT2D eigenvalue weighted by atomic mass is 32.2. The number of thioether (sulfide) groups is 1. The highest BCUT2D eigenvalue weighted by Gasteiger charge is 2.24. The van der Waals surface area contributed by atoms with Gasteiger partial charge in [-0.05, 0) is 24.3 Å². The number of aromatic nitrogens is 5. The van der Waals surface area contributed by atoms with Crippen molar-refractivity contribution in [2.75, 3.05) is 21.3 Å². The van der Waals surface area contributed by atoms with Crippen LogP contribution in [0.25, 0.3) is 17.1 Å². The van der Waals surface area contributed by atoms with E-state index in [9.17, 15) is 4.39 Å². The zero-order valence-electron chi connectivity index (χ0n) is 20.3. The lowest BCUT2D eigenvalue weighted by Gasteiger charge is -2.15. The number of hydrogen-bond acceptors (Lipinski definition) is 9. The number of hydrogen-bond donors (Lipinski definition) is 0. The monoisotopic (exact) mass is 499 g/mol. The molecule has 35 heavy (non-hydrogen) atoms. The average Bonchev–Trinajstić information content (AvgIpc) is 3.49. The third-order valence-electron chi connectivity index (χ3n) is 5.09. The van der Waals surface area contributed by atoms with E-state index < -0.39 is 5.82 Å². The van der Waals surface area contributed by atoms with Crippen LogP contribution in [0.3, 0.4) is 0 Å². The Morgan fingerprint density at radius 1 is 1.00 bits per heavy atom. The summed E-state index contributed by atoms with van der Waals surface area (Å²) in [5, 5.41) is 13.2. The fourth-order valence-electron chi connectivity index (χ4n) is 3.36. The van der Waals surface area contributed by atoms with Gasteiger partial charge in [-0.15, -0.1) is 10.2 Å². The molecule has 0 bridgehead atoms. The number of rotatable bonds is 8. The summed E-state index contributed by atoms with van der Waals surface area (Å²) in [6, 6.07) is 9.91. The Balaban J connectivity index is 1.79. The number of para-hydroxylation sites is 1. The minimum absolute atomic E-state index is 0.261. The maximum atomic E-state index is 14.9. The highest BCUT2D eigenvalue weighted by molar-refractivity contribution is 7.98. The van der Waals surface area contributed by atoms with Crippen molar-refractivity contribution in [3.8, 4) is 34.3 Å². The van der Waals surface area contributed by atoms with E-state index in [2.05, 4.69) is 20.3 Å². The van der Waals surface area contributed by atoms with Crippen LogP contribution >= 0.6 is 11.8 Å². The van der Waals surface area contributed by atoms with Gasteiger partial charge in [0.15, 0.2) is 28.3 Å². The molecule has 0 aliphatic heterocycles. The number of nitrogens with zero attached hydrogens (tertiary/aromatic N) is 5. The van der Waals surface area contributed by atoms with Crippen molar-refractivity contribution in [1.82, 2.24) is 24.9 Å². The van der Waals surface area contributed by atoms with Gasteiger partial charge in [-0.3, -0.25) is 4.57 Å². The predicted octanol–water partition coefficient (Wildman–Crippen LogP) is 5.07. The predicted molar refractivity (Wildman–Crippen MR) is 129 cm³/mol. The zero-order valence-corrected chi connectivity index (χ0v) is 21.1. The highest BCUT2D eigenvalue weighted by Crippen LogP contribution is 2.42. The van der Waals surface area contributed by atoms with Crippen molar-refractivity contribution in [3.05, 3.63) is 53.9 Å². The van der Waals surface area contributed by atoms with Crippen LogP contribution in [-0.2, 0) is 11.2 Å². The molecule has 0 saturated heterocycles. The van der Waals surface area contributed by atoms with E-state index >= 15 is 0 Å². The van der Waals surface area contributed by atoms with Gasteiger partial charge in [0.1, 0.15) is 5.82 Å². The van der Waals surface area contributed by atoms with E-state index in [0.29, 0.717) is 56.9 Å². The number of benzene rings is 2. The quantitative estimate of drug-likeness (QED) is 0.308. The van der Waals surface area contributed by atoms with Crippen molar-refractivity contribution in [2.24, 2.45) is 0 Å². The van der Waals surface area contributed by atoms with Crippen molar-refractivity contribution in [3.63, 3.8) is 0 Å². The lowest BCUT2D eigenvalue weighted by molar-refractivity contribution is 0.319. The summed E-state index contributed by atoms with van der Waals surface area (Å²) in [6.45, 7) is 5.99. The second-order valence-corrected chi connectivity index (χ2v) is 9.50. The van der Waals surface area contributed by atoms with Gasteiger partial charge in [0.25, 0.3) is 0 Å². The average molecular weight is 500 g/mol. The number of ether oxygens (including phenoxy) is 3. The Bertz CT molecular complexity index is 1310. The molecule has 4 aromatic rings. The first-order valence-corrected chi connectivity index (χ1v) is 11.7. The van der Waals surface area contributed by atoms with E-state index in [1.165, 1.54) is 39.2 Å². The van der Waals surface area contributed by atoms with E-state index in [0.717, 1.165) is 0 Å². The molecule has 2 aromatic heterocycles. The molecule has 0 radical (unpaired) electrons. The van der Waals surface area contributed by atoms with Gasteiger partial charge in [0.05, 0.1) is 32.8 Å². The molecule has 0 fully saturated rings. The summed E-state index contributed by atoms with van der Waals surface area (Å²) in [5.74, 6) is 2.73. The van der Waals surface area contributed by atoms with Gasteiger partial charge in [-0.2, -0.15) is 4.98 Å². The van der Waals surface area contributed by atoms with Crippen LogP contribution in [0.2, 0.25) is 0 Å². The van der Waals surface area contributed by atoms with Gasteiger partial charge in [-0.25, -0.2) is 4.39 Å². The molecule has 11 heteroatoms. The van der Waals surface area contributed by atoms with E-state index in [4.69, 9.17) is 18.7 Å². The second-order valence-electron chi connectivity index (χ2n) is 8.56. The smallest absolute Gasteiger partial charge is 0.232 e. The normalized spacial score (nSPS) is 11.5. The summed E-state index contributed by atoms with van der Waals surface area (Å²) in [5.41, 5.74) is 0.645. The van der Waals surface area contributed by atoms with Crippen molar-refractivity contribution >= 4 is 11.8 Å². The molecule has 2 heterocycles. The molecule has 0 unspecified atom stereocenters. The van der Waals surface area contributed by atoms with E-state index in [-0.39, 0.29) is 5.41 Å². The van der Waals surface area contributed by atoms with Crippen LogP contribution in [-0.4, -0.2) is 46.2 Å². The first-order chi connectivity index (χ1) is 16.8. The Morgan fingerprint density at radius 2 is 1.69 bits per heavy atom. The van der Waals surface area contributed by atoms with Crippen molar-refractivity contribution in [1.29, 1.82) is 0 Å². The maximum Gasteiger partial charge on any atom is 0.232 e. The molecule has 0 N–H and O–H groups in total. The van der Waals surface area contributed by atoms with E-state index in [1.54, 1.807) is 34.9 Å². The number of halogens is 1. The van der Waals surface area contributed by atoms with E-state index in [1.807, 2.05) is 20.8 Å². The minimum atomic E-state index is -0.419. The lowest BCUT2D eigenvalue weighted by Crippen LogP contribution is -2.11. The molecule has 0 amide bonds. The van der Waals surface area contributed by atoms with Gasteiger partial charge in [-0.1, -0.05) is 49.8 Å². The topological polar surface area (TPSA) is 97.3 Å². The third kappa shape index (κ3) is 4.95. The van der Waals surface area contributed by atoms with Crippen molar-refractivity contribution < 1.29 is 23.1 Å². The zero-order chi connectivity index (χ0) is 25.2. The summed E-state index contributed by atoms with van der Waals surface area (Å²) < 4.78 is 38.4. The molecule has 0 atom stereocenters. The minimum Gasteiger partial charge on any atom is -0.493 e. The Kier molecular flexibility index (Phi) is 6.97. The summed E-state index contributed by atoms with van der Waals surface area (Å²) in [6.07, 6.45) is 0. The molecule has 2 aromatic carbocycles. The Morgan fingerprint density at radius 3 is 2.26 bits per heavy atom. The first-order valence-electron chi connectivity index (χ1n) is 10.7. The molecular formula is C24H26FN5O4S. The van der Waals surface area contributed by atoms with Crippen LogP contribution in [0.5, 0.6) is 17.2 Å². The summed E-state index contributed by atoms with van der Waals surface area (Å²) >= 11 is 1.32. The molecule has 9 nitrogen and oxygen atoms in total. The SMILES string of the molecule is COc1cc(-c2nnc(SCc3noc(C(C)(C)C)n3)n2-c2ccccc2F)cc(OC)c1OC. The van der Waals surface area contributed by atoms with Crippen molar-refractivity contribution in [2.45, 2.75) is 37.1 Å². The molecule has 4 rings (SSSR count). The molecule has 0 spiro atoms. The molecule has 0 saturated carbocycles. The Labute approximate surface area is 206 Å². The first kappa shape index (κ1) is 24.5. The largest absolute Gasteiger partial charge is 0.493 e. The summed E-state index contributed by atoms with van der Waals surface area (Å²) in [4.78, 5) is 4.47. The van der Waals surface area contributed by atoms with Gasteiger partial charge in [0, 0.05) is 11.0 Å². The molecule has 0 aliphatic rings. The van der Waals surface area contributed by atoms with Crippen LogP contribution in [0.4, 0.5) is 4.39 Å². The lowest BCUT2D eigenvalue weighted by atomic mass is 9.97. The second kappa shape index (κ2) is 9.95. The van der Waals surface area contributed by atoms with Gasteiger partial charge >= 0.3 is 0 Å². The Hall–Kier alpha value is -3.60. The van der Waals surface area contributed by atoms with Crippen LogP contribution in [0, 0.1) is 5.82 Å². The molecular weight excluding hydrogens is 473 g/mol. The molecule has 0 aliphatic carbocycles. The number of methoxy groups -OCH3 is 3. The van der Waals surface area contributed by atoms with Crippen LogP contribution in [0.1, 0.15) is 32.5 Å². The van der Waals surface area contributed by atoms with Crippen LogP contribution < -0.4 is 14.2 Å². The van der Waals surface area contributed by atoms with Gasteiger partial charge < -0.3 is 18.7 Å². The fraction of sp³-hybridized carbons (Fsp3) is 0.333.